The molecule has 1 heterocycles. The first-order valence-corrected chi connectivity index (χ1v) is 7.53. The molecule has 0 bridgehead atoms. The average Bonchev–Trinajstić information content (AvgIpc) is 2.38. The van der Waals surface area contributed by atoms with Gasteiger partial charge < -0.3 is 15.5 Å². The number of anilines is 1. The molecule has 3 N–H and O–H groups in total. The van der Waals surface area contributed by atoms with E-state index in [0.29, 0.717) is 5.69 Å². The van der Waals surface area contributed by atoms with Gasteiger partial charge in [-0.25, -0.2) is 9.78 Å². The summed E-state index contributed by atoms with van der Waals surface area (Å²) in [5, 5.41) is 22.8. The lowest BCUT2D eigenvalue weighted by atomic mass is 9.77. The van der Waals surface area contributed by atoms with Gasteiger partial charge in [-0.1, -0.05) is 11.6 Å². The molecule has 0 radical (unpaired) electrons. The molecule has 0 amide bonds. The minimum absolute atomic E-state index is 0.129. The summed E-state index contributed by atoms with van der Waals surface area (Å²) in [6.45, 7) is 3.69. The SMILES string of the molecule is CC(C)(O)C1CCC(Nc2cc(Cl)ncc2C(=O)O)CC1. The van der Waals surface area contributed by atoms with Crippen molar-refractivity contribution in [2.24, 2.45) is 5.92 Å². The van der Waals surface area contributed by atoms with Crippen LogP contribution in [0.15, 0.2) is 12.3 Å². The van der Waals surface area contributed by atoms with Crippen molar-refractivity contribution >= 4 is 23.3 Å². The van der Waals surface area contributed by atoms with E-state index in [0.717, 1.165) is 25.7 Å². The summed E-state index contributed by atoms with van der Waals surface area (Å²) in [7, 11) is 0. The van der Waals surface area contributed by atoms with Crippen LogP contribution < -0.4 is 5.32 Å². The first-order chi connectivity index (χ1) is 9.77. The average molecular weight is 313 g/mol. The number of rotatable bonds is 4. The Morgan fingerprint density at radius 3 is 2.52 bits per heavy atom. The van der Waals surface area contributed by atoms with Crippen LogP contribution in [0.5, 0.6) is 0 Å². The Balaban J connectivity index is 2.04. The smallest absolute Gasteiger partial charge is 0.339 e. The highest BCUT2D eigenvalue weighted by atomic mass is 35.5. The predicted octanol–water partition coefficient (Wildman–Crippen LogP) is 3.17. The van der Waals surface area contributed by atoms with Gasteiger partial charge in [0.25, 0.3) is 0 Å². The molecular formula is C15H21ClN2O3. The Bertz CT molecular complexity index is 520. The summed E-state index contributed by atoms with van der Waals surface area (Å²) < 4.78 is 0. The number of nitrogens with zero attached hydrogens (tertiary/aromatic N) is 1. The van der Waals surface area contributed by atoms with E-state index >= 15 is 0 Å². The van der Waals surface area contributed by atoms with E-state index in [1.807, 2.05) is 13.8 Å². The number of aromatic carboxylic acids is 1. The quantitative estimate of drug-likeness (QED) is 0.744. The van der Waals surface area contributed by atoms with Gasteiger partial charge in [0, 0.05) is 12.2 Å². The lowest BCUT2D eigenvalue weighted by Crippen LogP contribution is -2.37. The number of nitrogens with one attached hydrogen (secondary N) is 1. The van der Waals surface area contributed by atoms with E-state index in [2.05, 4.69) is 10.3 Å². The van der Waals surface area contributed by atoms with E-state index in [1.54, 1.807) is 6.07 Å². The van der Waals surface area contributed by atoms with Crippen LogP contribution in [-0.4, -0.2) is 32.8 Å². The Hall–Kier alpha value is -1.33. The van der Waals surface area contributed by atoms with Crippen molar-refractivity contribution in [1.29, 1.82) is 0 Å². The first kappa shape index (κ1) is 16.0. The highest BCUT2D eigenvalue weighted by molar-refractivity contribution is 6.29. The predicted molar refractivity (Wildman–Crippen MR) is 81.9 cm³/mol. The Labute approximate surface area is 129 Å². The van der Waals surface area contributed by atoms with Crippen molar-refractivity contribution in [2.75, 3.05) is 5.32 Å². The Morgan fingerprint density at radius 2 is 2.00 bits per heavy atom. The maximum Gasteiger partial charge on any atom is 0.339 e. The molecule has 2 rings (SSSR count). The van der Waals surface area contributed by atoms with Crippen LogP contribution in [0.2, 0.25) is 5.15 Å². The van der Waals surface area contributed by atoms with Gasteiger partial charge in [0.1, 0.15) is 10.7 Å². The van der Waals surface area contributed by atoms with Crippen LogP contribution in [0.1, 0.15) is 49.9 Å². The number of halogens is 1. The fourth-order valence-corrected chi connectivity index (χ4v) is 3.04. The van der Waals surface area contributed by atoms with E-state index in [-0.39, 0.29) is 22.7 Å². The number of pyridine rings is 1. The second kappa shape index (κ2) is 6.20. The molecule has 1 fully saturated rings. The molecule has 5 nitrogen and oxygen atoms in total. The zero-order valence-electron chi connectivity index (χ0n) is 12.3. The molecular weight excluding hydrogens is 292 g/mol. The third-order valence-electron chi connectivity index (χ3n) is 4.19. The van der Waals surface area contributed by atoms with Crippen molar-refractivity contribution in [3.8, 4) is 0 Å². The normalized spacial score (nSPS) is 22.9. The second-order valence-corrected chi connectivity index (χ2v) is 6.59. The third kappa shape index (κ3) is 4.08. The molecule has 0 atom stereocenters. The molecule has 116 valence electrons. The van der Waals surface area contributed by atoms with Crippen LogP contribution in [0, 0.1) is 5.92 Å². The molecule has 0 unspecified atom stereocenters. The minimum atomic E-state index is -1.02. The fraction of sp³-hybridized carbons (Fsp3) is 0.600. The maximum atomic E-state index is 11.2. The molecule has 0 aromatic carbocycles. The van der Waals surface area contributed by atoms with E-state index in [9.17, 15) is 15.0 Å². The van der Waals surface area contributed by atoms with Gasteiger partial charge in [0.15, 0.2) is 0 Å². The number of hydrogen-bond acceptors (Lipinski definition) is 4. The van der Waals surface area contributed by atoms with Gasteiger partial charge in [0.2, 0.25) is 0 Å². The van der Waals surface area contributed by atoms with Crippen molar-refractivity contribution in [1.82, 2.24) is 4.98 Å². The summed E-state index contributed by atoms with van der Waals surface area (Å²) in [4.78, 5) is 15.0. The molecule has 21 heavy (non-hydrogen) atoms. The monoisotopic (exact) mass is 312 g/mol. The molecule has 1 aromatic heterocycles. The van der Waals surface area contributed by atoms with Crippen LogP contribution in [0.4, 0.5) is 5.69 Å². The van der Waals surface area contributed by atoms with Crippen molar-refractivity contribution in [3.05, 3.63) is 23.0 Å². The van der Waals surface area contributed by atoms with Gasteiger partial charge in [0.05, 0.1) is 11.3 Å². The lowest BCUT2D eigenvalue weighted by molar-refractivity contribution is -0.000390. The molecule has 0 spiro atoms. The number of hydrogen-bond donors (Lipinski definition) is 3. The lowest BCUT2D eigenvalue weighted by Gasteiger charge is -2.36. The highest BCUT2D eigenvalue weighted by Gasteiger charge is 2.31. The number of carbonyl (C=O) groups is 1. The standard InChI is InChI=1S/C15H21ClN2O3/c1-15(2,21)9-3-5-10(6-4-9)18-12-7-13(16)17-8-11(12)14(19)20/h7-10,21H,3-6H2,1-2H3,(H,17,18)(H,19,20). The zero-order valence-corrected chi connectivity index (χ0v) is 13.0. The number of carboxylic acids is 1. The topological polar surface area (TPSA) is 82.5 Å². The van der Waals surface area contributed by atoms with Crippen molar-refractivity contribution in [3.63, 3.8) is 0 Å². The number of aliphatic hydroxyl groups is 1. The van der Waals surface area contributed by atoms with E-state index < -0.39 is 11.6 Å². The largest absolute Gasteiger partial charge is 0.478 e. The van der Waals surface area contributed by atoms with Crippen molar-refractivity contribution in [2.45, 2.75) is 51.2 Å². The molecule has 1 aliphatic rings. The van der Waals surface area contributed by atoms with Gasteiger partial charge >= 0.3 is 5.97 Å². The number of carboxylic acid groups (broad SMARTS) is 1. The molecule has 0 saturated heterocycles. The van der Waals surface area contributed by atoms with Crippen molar-refractivity contribution < 1.29 is 15.0 Å². The summed E-state index contributed by atoms with van der Waals surface area (Å²) in [5.41, 5.74) is -0.0183. The molecule has 6 heteroatoms. The fourth-order valence-electron chi connectivity index (χ4n) is 2.88. The summed E-state index contributed by atoms with van der Waals surface area (Å²) >= 11 is 5.85. The maximum absolute atomic E-state index is 11.2. The second-order valence-electron chi connectivity index (χ2n) is 6.20. The zero-order chi connectivity index (χ0) is 15.6. The summed E-state index contributed by atoms with van der Waals surface area (Å²) in [6.07, 6.45) is 4.90. The van der Waals surface area contributed by atoms with Gasteiger partial charge in [-0.2, -0.15) is 0 Å². The minimum Gasteiger partial charge on any atom is -0.478 e. The first-order valence-electron chi connectivity index (χ1n) is 7.15. The summed E-state index contributed by atoms with van der Waals surface area (Å²) in [5.74, 6) is -0.734. The van der Waals surface area contributed by atoms with Crippen LogP contribution in [0.3, 0.4) is 0 Å². The Morgan fingerprint density at radius 1 is 1.38 bits per heavy atom. The van der Waals surface area contributed by atoms with Crippen LogP contribution >= 0.6 is 11.6 Å². The van der Waals surface area contributed by atoms with Crippen LogP contribution in [0.25, 0.3) is 0 Å². The van der Waals surface area contributed by atoms with Crippen LogP contribution in [-0.2, 0) is 0 Å². The van der Waals surface area contributed by atoms with E-state index in [4.69, 9.17) is 11.6 Å². The summed E-state index contributed by atoms with van der Waals surface area (Å²) in [6, 6.07) is 1.74. The van der Waals surface area contributed by atoms with E-state index in [1.165, 1.54) is 6.20 Å². The van der Waals surface area contributed by atoms with Gasteiger partial charge in [-0.05, 0) is 51.5 Å². The van der Waals surface area contributed by atoms with Gasteiger partial charge in [-0.3, -0.25) is 0 Å². The Kier molecular flexibility index (Phi) is 4.74. The highest BCUT2D eigenvalue weighted by Crippen LogP contribution is 2.34. The molecule has 0 aliphatic heterocycles. The third-order valence-corrected chi connectivity index (χ3v) is 4.39. The molecule has 1 aromatic rings. The molecule has 1 aliphatic carbocycles. The number of aromatic nitrogens is 1. The molecule has 1 saturated carbocycles. The van der Waals surface area contributed by atoms with Gasteiger partial charge in [-0.15, -0.1) is 0 Å².